The van der Waals surface area contributed by atoms with E-state index < -0.39 is 21.9 Å². The molecule has 0 amide bonds. The molecule has 0 saturated carbocycles. The molecule has 12 nitrogen and oxygen atoms in total. The Balaban J connectivity index is 2.16. The van der Waals surface area contributed by atoms with Gasteiger partial charge in [-0.05, 0) is 12.1 Å². The Morgan fingerprint density at radius 1 is 1.40 bits per heavy atom. The van der Waals surface area contributed by atoms with Crippen molar-refractivity contribution in [3.63, 3.8) is 0 Å². The minimum absolute atomic E-state index is 0.0477. The van der Waals surface area contributed by atoms with Crippen LogP contribution in [0, 0.1) is 10.1 Å². The van der Waals surface area contributed by atoms with E-state index in [9.17, 15) is 23.1 Å². The van der Waals surface area contributed by atoms with Crippen LogP contribution in [0.25, 0.3) is 0 Å². The summed E-state index contributed by atoms with van der Waals surface area (Å²) < 4.78 is 39.0. The van der Waals surface area contributed by atoms with Gasteiger partial charge in [0.05, 0.1) is 17.2 Å². The molecule has 0 bridgehead atoms. The maximum Gasteiger partial charge on any atom is 0.294 e. The Labute approximate surface area is 146 Å². The van der Waals surface area contributed by atoms with Gasteiger partial charge in [0.2, 0.25) is 15.5 Å². The zero-order valence-electron chi connectivity index (χ0n) is 12.7. The highest BCUT2D eigenvalue weighted by Crippen LogP contribution is 2.32. The first-order chi connectivity index (χ1) is 11.8. The fraction of sp³-hybridized carbons (Fsp3) is 0.273. The monoisotopic (exact) mass is 387 g/mol. The first-order valence-electron chi connectivity index (χ1n) is 6.54. The number of aromatic nitrogens is 2. The molecular formula is C11H11N6O6S2-. The number of nitro benzene ring substituents is 1. The summed E-state index contributed by atoms with van der Waals surface area (Å²) in [4.78, 5) is 15.8. The standard InChI is InChI=1S/C11H12N6O6S2/c1-16(4-5-23-25(20,21)22)9-3-2-8(6-10(9)17(18)19)14-15-11-12-7-13-24-11/h2-3,6-7H,4-5H2,1H3,(H,20,21,22)/p-1. The molecule has 0 aliphatic heterocycles. The van der Waals surface area contributed by atoms with Crippen molar-refractivity contribution in [2.45, 2.75) is 0 Å². The Morgan fingerprint density at radius 3 is 2.76 bits per heavy atom. The summed E-state index contributed by atoms with van der Waals surface area (Å²) in [5.74, 6) is 0. The van der Waals surface area contributed by atoms with E-state index in [2.05, 4.69) is 23.8 Å². The molecule has 2 rings (SSSR count). The van der Waals surface area contributed by atoms with Gasteiger partial charge < -0.3 is 9.45 Å². The number of rotatable bonds is 8. The number of nitrogens with zero attached hydrogens (tertiary/aromatic N) is 6. The van der Waals surface area contributed by atoms with Gasteiger partial charge in [0.1, 0.15) is 12.0 Å². The summed E-state index contributed by atoms with van der Waals surface area (Å²) in [6.45, 7) is -0.480. The second kappa shape index (κ2) is 8.02. The number of hydrogen-bond donors (Lipinski definition) is 0. The topological polar surface area (TPSA) is 163 Å². The smallest absolute Gasteiger partial charge is 0.294 e. The summed E-state index contributed by atoms with van der Waals surface area (Å²) in [5, 5.41) is 19.2. The van der Waals surface area contributed by atoms with Crippen molar-refractivity contribution in [2.24, 2.45) is 10.2 Å². The van der Waals surface area contributed by atoms with Gasteiger partial charge in [0.15, 0.2) is 0 Å². The lowest BCUT2D eigenvalue weighted by Crippen LogP contribution is -2.24. The molecule has 0 N–H and O–H groups in total. The SMILES string of the molecule is CN(CCOS(=O)(=O)[O-])c1ccc(N=Nc2ncns2)cc1[N+](=O)[O-]. The molecule has 0 fully saturated rings. The predicted molar refractivity (Wildman–Crippen MR) is 86.1 cm³/mol. The van der Waals surface area contributed by atoms with Crippen molar-refractivity contribution in [2.75, 3.05) is 25.1 Å². The van der Waals surface area contributed by atoms with Gasteiger partial charge in [0, 0.05) is 31.2 Å². The van der Waals surface area contributed by atoms with E-state index in [0.29, 0.717) is 5.13 Å². The molecule has 1 aromatic heterocycles. The second-order valence-electron chi connectivity index (χ2n) is 4.51. The van der Waals surface area contributed by atoms with Gasteiger partial charge in [-0.15, -0.1) is 10.2 Å². The van der Waals surface area contributed by atoms with E-state index in [-0.39, 0.29) is 23.6 Å². The molecule has 0 aliphatic rings. The Hall–Kier alpha value is -2.55. The summed E-state index contributed by atoms with van der Waals surface area (Å²) in [6, 6.07) is 4.13. The van der Waals surface area contributed by atoms with E-state index in [1.165, 1.54) is 36.5 Å². The molecule has 0 radical (unpaired) electrons. The third kappa shape index (κ3) is 5.79. The molecule has 0 saturated heterocycles. The summed E-state index contributed by atoms with van der Waals surface area (Å²) >= 11 is 1.02. The first kappa shape index (κ1) is 18.8. The summed E-state index contributed by atoms with van der Waals surface area (Å²) in [7, 11) is -3.32. The lowest BCUT2D eigenvalue weighted by Gasteiger charge is -2.19. The van der Waals surface area contributed by atoms with E-state index in [4.69, 9.17) is 0 Å². The third-order valence-electron chi connectivity index (χ3n) is 2.82. The summed E-state index contributed by atoms with van der Waals surface area (Å²) in [6.07, 6.45) is 1.31. The van der Waals surface area contributed by atoms with Gasteiger partial charge in [0.25, 0.3) is 5.69 Å². The Bertz CT molecular complexity index is 869. The molecule has 25 heavy (non-hydrogen) atoms. The highest BCUT2D eigenvalue weighted by atomic mass is 32.3. The van der Waals surface area contributed by atoms with Crippen LogP contribution in [-0.2, 0) is 14.6 Å². The minimum Gasteiger partial charge on any atom is -0.726 e. The van der Waals surface area contributed by atoms with Gasteiger partial charge in [-0.2, -0.15) is 4.37 Å². The van der Waals surface area contributed by atoms with Gasteiger partial charge in [-0.3, -0.25) is 14.3 Å². The van der Waals surface area contributed by atoms with E-state index in [1.54, 1.807) is 0 Å². The molecule has 0 spiro atoms. The van der Waals surface area contributed by atoms with Crippen LogP contribution in [0.4, 0.5) is 22.2 Å². The highest BCUT2D eigenvalue weighted by Gasteiger charge is 2.18. The molecule has 0 aliphatic carbocycles. The van der Waals surface area contributed by atoms with Crippen LogP contribution in [0.3, 0.4) is 0 Å². The largest absolute Gasteiger partial charge is 0.726 e. The number of likely N-dealkylation sites (N-methyl/N-ethyl adjacent to an activating group) is 1. The fourth-order valence-electron chi connectivity index (χ4n) is 1.75. The number of nitro groups is 1. The minimum atomic E-state index is -4.81. The molecule has 0 unspecified atom stereocenters. The Morgan fingerprint density at radius 2 is 2.16 bits per heavy atom. The third-order valence-corrected chi connectivity index (χ3v) is 3.83. The molecular weight excluding hydrogens is 376 g/mol. The highest BCUT2D eigenvalue weighted by molar-refractivity contribution is 7.80. The lowest BCUT2D eigenvalue weighted by molar-refractivity contribution is -0.384. The first-order valence-corrected chi connectivity index (χ1v) is 8.65. The van der Waals surface area contributed by atoms with Crippen LogP contribution in [0.5, 0.6) is 0 Å². The van der Waals surface area contributed by atoms with Crippen LogP contribution >= 0.6 is 11.5 Å². The zero-order valence-corrected chi connectivity index (χ0v) is 14.3. The van der Waals surface area contributed by atoms with Crippen LogP contribution in [-0.4, -0.2) is 47.5 Å². The van der Waals surface area contributed by atoms with E-state index in [1.807, 2.05) is 0 Å². The second-order valence-corrected chi connectivity index (χ2v) is 6.32. The van der Waals surface area contributed by atoms with Crippen molar-refractivity contribution in [1.82, 2.24) is 9.36 Å². The zero-order chi connectivity index (χ0) is 18.4. The van der Waals surface area contributed by atoms with E-state index >= 15 is 0 Å². The average molecular weight is 387 g/mol. The predicted octanol–water partition coefficient (Wildman–Crippen LogP) is 1.77. The molecule has 14 heteroatoms. The van der Waals surface area contributed by atoms with Gasteiger partial charge in [-0.1, -0.05) is 0 Å². The number of benzene rings is 1. The van der Waals surface area contributed by atoms with Crippen molar-refractivity contribution in [3.05, 3.63) is 34.6 Å². The normalized spacial score (nSPS) is 11.8. The molecule has 1 heterocycles. The quantitative estimate of drug-likeness (QED) is 0.216. The van der Waals surface area contributed by atoms with Gasteiger partial charge in [-0.25, -0.2) is 13.4 Å². The van der Waals surface area contributed by atoms with E-state index in [0.717, 1.165) is 11.5 Å². The van der Waals surface area contributed by atoms with Crippen LogP contribution < -0.4 is 4.90 Å². The van der Waals surface area contributed by atoms with Crippen molar-refractivity contribution < 1.29 is 22.1 Å². The summed E-state index contributed by atoms with van der Waals surface area (Å²) in [5.41, 5.74) is 0.172. The maximum atomic E-state index is 11.3. The maximum absolute atomic E-state index is 11.3. The van der Waals surface area contributed by atoms with Crippen molar-refractivity contribution in [3.8, 4) is 0 Å². The lowest BCUT2D eigenvalue weighted by atomic mass is 10.2. The van der Waals surface area contributed by atoms with Crippen LogP contribution in [0.2, 0.25) is 0 Å². The number of azo groups is 1. The molecule has 2 aromatic rings. The number of anilines is 1. The van der Waals surface area contributed by atoms with Crippen LogP contribution in [0.15, 0.2) is 34.8 Å². The number of hydrogen-bond acceptors (Lipinski definition) is 12. The average Bonchev–Trinajstić information content (AvgIpc) is 3.04. The van der Waals surface area contributed by atoms with Crippen molar-refractivity contribution >= 4 is 44.1 Å². The Kier molecular flexibility index (Phi) is 6.02. The molecule has 0 atom stereocenters. The van der Waals surface area contributed by atoms with Crippen molar-refractivity contribution in [1.29, 1.82) is 0 Å². The molecule has 1 aromatic carbocycles. The van der Waals surface area contributed by atoms with Crippen LogP contribution in [0.1, 0.15) is 0 Å². The fourth-order valence-corrected chi connectivity index (χ4v) is 2.39. The van der Waals surface area contributed by atoms with Gasteiger partial charge >= 0.3 is 0 Å². The molecule has 134 valence electrons.